The van der Waals surface area contributed by atoms with E-state index in [1.54, 1.807) is 25.1 Å². The summed E-state index contributed by atoms with van der Waals surface area (Å²) in [5.41, 5.74) is 3.21. The monoisotopic (exact) mass is 541 g/mol. The molecule has 0 heterocycles. The molecule has 192 valence electrons. The molecule has 0 aromatic heterocycles. The van der Waals surface area contributed by atoms with E-state index in [1.165, 1.54) is 9.21 Å². The molecule has 0 bridgehead atoms. The van der Waals surface area contributed by atoms with Gasteiger partial charge in [0.2, 0.25) is 21.8 Å². The van der Waals surface area contributed by atoms with Crippen LogP contribution in [0.2, 0.25) is 10.0 Å². The number of hydrogen-bond acceptors (Lipinski definition) is 4. The quantitative estimate of drug-likeness (QED) is 0.446. The molecule has 0 unspecified atom stereocenters. The zero-order valence-corrected chi connectivity index (χ0v) is 23.1. The summed E-state index contributed by atoms with van der Waals surface area (Å²) in [6.45, 7) is 8.04. The molecule has 0 radical (unpaired) electrons. The van der Waals surface area contributed by atoms with Crippen LogP contribution in [-0.4, -0.2) is 50.5 Å². The lowest BCUT2D eigenvalue weighted by molar-refractivity contribution is -0.140. The fourth-order valence-electron chi connectivity index (χ4n) is 3.84. The largest absolute Gasteiger partial charge is 0.355 e. The number of sulfonamides is 1. The van der Waals surface area contributed by atoms with Crippen molar-refractivity contribution in [2.45, 2.75) is 53.1 Å². The second kappa shape index (κ2) is 12.6. The van der Waals surface area contributed by atoms with E-state index in [0.717, 1.165) is 22.9 Å². The van der Waals surface area contributed by atoms with E-state index >= 15 is 0 Å². The van der Waals surface area contributed by atoms with Gasteiger partial charge < -0.3 is 10.2 Å². The number of likely N-dealkylation sites (N-methyl/N-ethyl adjacent to an activating group) is 1. The highest BCUT2D eigenvalue weighted by molar-refractivity contribution is 7.92. The second-order valence-electron chi connectivity index (χ2n) is 8.63. The van der Waals surface area contributed by atoms with Crippen LogP contribution in [0.1, 0.15) is 43.4 Å². The highest BCUT2D eigenvalue weighted by Crippen LogP contribution is 2.25. The van der Waals surface area contributed by atoms with Crippen LogP contribution in [0, 0.1) is 13.8 Å². The SMILES string of the molecule is CCNC(=O)[C@H](C)N(Cc1ccc(Cl)c(Cl)c1)C(=O)CCCN(c1cc(C)cc(C)c1)S(C)(=O)=O. The molecule has 10 heteroatoms. The number of benzene rings is 2. The molecule has 0 aliphatic carbocycles. The van der Waals surface area contributed by atoms with Crippen molar-refractivity contribution in [3.63, 3.8) is 0 Å². The van der Waals surface area contributed by atoms with Gasteiger partial charge >= 0.3 is 0 Å². The lowest BCUT2D eigenvalue weighted by atomic mass is 10.1. The van der Waals surface area contributed by atoms with Gasteiger partial charge in [-0.3, -0.25) is 13.9 Å². The molecule has 0 aliphatic rings. The minimum Gasteiger partial charge on any atom is -0.355 e. The van der Waals surface area contributed by atoms with Gasteiger partial charge in [0.25, 0.3) is 0 Å². The van der Waals surface area contributed by atoms with Crippen LogP contribution in [0.5, 0.6) is 0 Å². The smallest absolute Gasteiger partial charge is 0.242 e. The van der Waals surface area contributed by atoms with Crippen LogP contribution in [0.4, 0.5) is 5.69 Å². The third kappa shape index (κ3) is 8.40. The maximum atomic E-state index is 13.2. The van der Waals surface area contributed by atoms with Gasteiger partial charge in [0, 0.05) is 26.1 Å². The second-order valence-corrected chi connectivity index (χ2v) is 11.3. The van der Waals surface area contributed by atoms with Gasteiger partial charge in [0.1, 0.15) is 6.04 Å². The summed E-state index contributed by atoms with van der Waals surface area (Å²) in [5.74, 6) is -0.530. The van der Waals surface area contributed by atoms with E-state index in [4.69, 9.17) is 23.2 Å². The van der Waals surface area contributed by atoms with Crippen LogP contribution in [0.25, 0.3) is 0 Å². The summed E-state index contributed by atoms with van der Waals surface area (Å²) in [7, 11) is -3.55. The van der Waals surface area contributed by atoms with Crippen molar-refractivity contribution in [2.75, 3.05) is 23.7 Å². The van der Waals surface area contributed by atoms with E-state index < -0.39 is 16.1 Å². The number of hydrogen-bond donors (Lipinski definition) is 1. The molecule has 0 spiro atoms. The first-order valence-corrected chi connectivity index (χ1v) is 14.0. The standard InChI is InChI=1S/C25H33Cl2N3O4S/c1-6-28-25(32)19(4)29(16-20-9-10-22(26)23(27)15-20)24(31)8-7-11-30(35(5,33)34)21-13-17(2)12-18(3)14-21/h9-10,12-15,19H,6-8,11,16H2,1-5H3,(H,28,32)/t19-/m0/s1. The molecule has 7 nitrogen and oxygen atoms in total. The van der Waals surface area contributed by atoms with Crippen molar-refractivity contribution < 1.29 is 18.0 Å². The van der Waals surface area contributed by atoms with Gasteiger partial charge in [-0.05, 0) is 75.1 Å². The van der Waals surface area contributed by atoms with E-state index in [2.05, 4.69) is 5.32 Å². The lowest BCUT2D eigenvalue weighted by Crippen LogP contribution is -2.47. The molecule has 1 N–H and O–H groups in total. The predicted molar refractivity (Wildman–Crippen MR) is 142 cm³/mol. The van der Waals surface area contributed by atoms with Crippen LogP contribution < -0.4 is 9.62 Å². The first-order valence-electron chi connectivity index (χ1n) is 11.4. The zero-order valence-electron chi connectivity index (χ0n) is 20.8. The van der Waals surface area contributed by atoms with Crippen LogP contribution in [0.15, 0.2) is 36.4 Å². The molecule has 35 heavy (non-hydrogen) atoms. The average Bonchev–Trinajstić information content (AvgIpc) is 2.75. The third-order valence-electron chi connectivity index (χ3n) is 5.50. The van der Waals surface area contributed by atoms with Crippen LogP contribution in [0.3, 0.4) is 0 Å². The predicted octanol–water partition coefficient (Wildman–Crippen LogP) is 4.71. The van der Waals surface area contributed by atoms with Crippen molar-refractivity contribution in [3.05, 3.63) is 63.1 Å². The molecule has 2 aromatic rings. The van der Waals surface area contributed by atoms with Crippen molar-refractivity contribution in [1.29, 1.82) is 0 Å². The Bertz CT molecular complexity index is 1150. The molecule has 2 rings (SSSR count). The Hall–Kier alpha value is -2.29. The maximum absolute atomic E-state index is 13.2. The van der Waals surface area contributed by atoms with Crippen LogP contribution in [-0.2, 0) is 26.2 Å². The summed E-state index contributed by atoms with van der Waals surface area (Å²) in [6, 6.07) is 9.93. The van der Waals surface area contributed by atoms with Gasteiger partial charge in [-0.1, -0.05) is 35.3 Å². The summed E-state index contributed by atoms with van der Waals surface area (Å²) in [5, 5.41) is 3.51. The molecule has 0 saturated heterocycles. The van der Waals surface area contributed by atoms with Crippen molar-refractivity contribution in [1.82, 2.24) is 10.2 Å². The first kappa shape index (κ1) is 28.9. The number of carbonyl (C=O) groups excluding carboxylic acids is 2. The van der Waals surface area contributed by atoms with E-state index in [0.29, 0.717) is 28.7 Å². The Balaban J connectivity index is 2.20. The third-order valence-corrected chi connectivity index (χ3v) is 7.43. The number of anilines is 1. The number of nitrogens with one attached hydrogen (secondary N) is 1. The number of nitrogens with zero attached hydrogens (tertiary/aromatic N) is 2. The highest BCUT2D eigenvalue weighted by atomic mass is 35.5. The summed E-state index contributed by atoms with van der Waals surface area (Å²) in [4.78, 5) is 27.2. The van der Waals surface area contributed by atoms with Crippen LogP contribution >= 0.6 is 23.2 Å². The Morgan fingerprint density at radius 1 is 1.03 bits per heavy atom. The minimum absolute atomic E-state index is 0.0713. The van der Waals surface area contributed by atoms with Gasteiger partial charge in [0.15, 0.2) is 0 Å². The number of aryl methyl sites for hydroxylation is 2. The van der Waals surface area contributed by atoms with Gasteiger partial charge in [-0.25, -0.2) is 8.42 Å². The molecular formula is C25H33Cl2N3O4S. The fourth-order valence-corrected chi connectivity index (χ4v) is 5.11. The Kier molecular flexibility index (Phi) is 10.4. The molecular weight excluding hydrogens is 509 g/mol. The fraction of sp³-hybridized carbons (Fsp3) is 0.440. The topological polar surface area (TPSA) is 86.8 Å². The Morgan fingerprint density at radius 3 is 2.20 bits per heavy atom. The molecule has 1 atom stereocenters. The minimum atomic E-state index is -3.55. The Morgan fingerprint density at radius 2 is 1.66 bits per heavy atom. The highest BCUT2D eigenvalue weighted by Gasteiger charge is 2.26. The first-order chi connectivity index (χ1) is 16.3. The number of carbonyl (C=O) groups is 2. The van der Waals surface area contributed by atoms with E-state index in [-0.39, 0.29) is 31.3 Å². The summed E-state index contributed by atoms with van der Waals surface area (Å²) < 4.78 is 26.3. The molecule has 2 aromatic carbocycles. The van der Waals surface area contributed by atoms with Crippen molar-refractivity contribution >= 4 is 50.7 Å². The molecule has 0 aliphatic heterocycles. The molecule has 0 fully saturated rings. The Labute approximate surface area is 218 Å². The normalized spacial score (nSPS) is 12.2. The van der Waals surface area contributed by atoms with Gasteiger partial charge in [-0.2, -0.15) is 0 Å². The maximum Gasteiger partial charge on any atom is 0.242 e. The summed E-state index contributed by atoms with van der Waals surface area (Å²) in [6.07, 6.45) is 1.51. The van der Waals surface area contributed by atoms with Crippen molar-refractivity contribution in [3.8, 4) is 0 Å². The zero-order chi connectivity index (χ0) is 26.3. The van der Waals surface area contributed by atoms with E-state index in [9.17, 15) is 18.0 Å². The number of halogens is 2. The lowest BCUT2D eigenvalue weighted by Gasteiger charge is -2.29. The van der Waals surface area contributed by atoms with E-state index in [1.807, 2.05) is 39.0 Å². The number of rotatable bonds is 11. The van der Waals surface area contributed by atoms with Crippen molar-refractivity contribution in [2.24, 2.45) is 0 Å². The van der Waals surface area contributed by atoms with Gasteiger partial charge in [0.05, 0.1) is 22.0 Å². The average molecular weight is 543 g/mol. The van der Waals surface area contributed by atoms with Gasteiger partial charge in [-0.15, -0.1) is 0 Å². The molecule has 0 saturated carbocycles. The summed E-state index contributed by atoms with van der Waals surface area (Å²) >= 11 is 12.1. The number of amides is 2. The molecule has 2 amide bonds.